The van der Waals surface area contributed by atoms with Crippen molar-refractivity contribution >= 4 is 29.4 Å². The summed E-state index contributed by atoms with van der Waals surface area (Å²) in [7, 11) is 0. The van der Waals surface area contributed by atoms with Gasteiger partial charge in [-0.2, -0.15) is 0 Å². The van der Waals surface area contributed by atoms with Crippen molar-refractivity contribution in [3.63, 3.8) is 0 Å². The van der Waals surface area contributed by atoms with Gasteiger partial charge in [0.05, 0.1) is 0 Å². The Morgan fingerprint density at radius 1 is 1.04 bits per heavy atom. The largest absolute Gasteiger partial charge is 0.329 e. The van der Waals surface area contributed by atoms with Crippen LogP contribution in [0.5, 0.6) is 0 Å². The first-order valence-corrected chi connectivity index (χ1v) is 9.65. The molecule has 0 spiro atoms. The van der Waals surface area contributed by atoms with Crippen molar-refractivity contribution < 1.29 is 14.0 Å². The van der Waals surface area contributed by atoms with Gasteiger partial charge >= 0.3 is 6.03 Å². The van der Waals surface area contributed by atoms with Gasteiger partial charge in [-0.05, 0) is 48.7 Å². The smallest absolute Gasteiger partial charge is 0.303 e. The molecule has 1 saturated carbocycles. The van der Waals surface area contributed by atoms with Crippen molar-refractivity contribution in [2.24, 2.45) is 0 Å². The van der Waals surface area contributed by atoms with E-state index in [9.17, 15) is 14.0 Å². The molecule has 4 nitrogen and oxygen atoms in total. The maximum atomic E-state index is 13.1. The van der Waals surface area contributed by atoms with Crippen LogP contribution in [0.4, 0.5) is 9.18 Å². The highest BCUT2D eigenvalue weighted by Gasteiger charge is 2.38. The van der Waals surface area contributed by atoms with Crippen LogP contribution in [0.3, 0.4) is 0 Å². The lowest BCUT2D eigenvalue weighted by Crippen LogP contribution is -2.41. The zero-order valence-corrected chi connectivity index (χ0v) is 15.0. The van der Waals surface area contributed by atoms with E-state index >= 15 is 0 Å². The predicted molar refractivity (Wildman–Crippen MR) is 99.9 cm³/mol. The van der Waals surface area contributed by atoms with Crippen molar-refractivity contribution in [2.45, 2.75) is 38.1 Å². The van der Waals surface area contributed by atoms with E-state index in [1.165, 1.54) is 34.8 Å². The summed E-state index contributed by atoms with van der Waals surface area (Å²) < 4.78 is 13.1. The molecule has 0 atom stereocenters. The molecular formula is C20H19FN2O2S. The summed E-state index contributed by atoms with van der Waals surface area (Å²) in [5.74, 6) is -0.506. The minimum absolute atomic E-state index is 0.0141. The molecule has 3 amide bonds. The monoisotopic (exact) mass is 370 g/mol. The molecule has 1 saturated heterocycles. The van der Waals surface area contributed by atoms with E-state index < -0.39 is 0 Å². The van der Waals surface area contributed by atoms with E-state index in [4.69, 9.17) is 0 Å². The van der Waals surface area contributed by atoms with Gasteiger partial charge in [0.2, 0.25) is 0 Å². The van der Waals surface area contributed by atoms with Gasteiger partial charge in [0.15, 0.2) is 0 Å². The lowest BCUT2D eigenvalue weighted by molar-refractivity contribution is -0.124. The number of urea groups is 1. The van der Waals surface area contributed by atoms with E-state index in [1.807, 2.05) is 12.1 Å². The molecule has 1 aromatic heterocycles. The average molecular weight is 370 g/mol. The second-order valence-electron chi connectivity index (χ2n) is 6.66. The number of imide groups is 1. The minimum atomic E-state index is -0.316. The number of hydrogen-bond donors (Lipinski definition) is 1. The van der Waals surface area contributed by atoms with E-state index in [0.717, 1.165) is 41.0 Å². The van der Waals surface area contributed by atoms with Crippen molar-refractivity contribution in [3.8, 4) is 10.4 Å². The van der Waals surface area contributed by atoms with Crippen LogP contribution in [0, 0.1) is 5.82 Å². The number of carbonyl (C=O) groups is 2. The van der Waals surface area contributed by atoms with Crippen LogP contribution in [0.25, 0.3) is 16.5 Å². The second-order valence-corrected chi connectivity index (χ2v) is 7.78. The minimum Gasteiger partial charge on any atom is -0.303 e. The number of benzene rings is 1. The average Bonchev–Trinajstić information content (AvgIpc) is 3.21. The first-order valence-electron chi connectivity index (χ1n) is 8.84. The molecule has 1 aliphatic heterocycles. The fourth-order valence-corrected chi connectivity index (χ4v) is 4.52. The third kappa shape index (κ3) is 3.29. The first-order chi connectivity index (χ1) is 12.6. The molecule has 1 aromatic carbocycles. The Kier molecular flexibility index (Phi) is 4.59. The predicted octanol–water partition coefficient (Wildman–Crippen LogP) is 4.78. The molecule has 4 rings (SSSR count). The first kappa shape index (κ1) is 17.0. The Hall–Kier alpha value is -2.47. The lowest BCUT2D eigenvalue weighted by Gasteiger charge is -2.28. The summed E-state index contributed by atoms with van der Waals surface area (Å²) in [6, 6.07) is 9.84. The Balaban J connectivity index is 1.54. The molecule has 1 aliphatic carbocycles. The Labute approximate surface area is 155 Å². The van der Waals surface area contributed by atoms with Crippen LogP contribution in [-0.2, 0) is 4.79 Å². The van der Waals surface area contributed by atoms with Crippen LogP contribution in [0.15, 0.2) is 42.1 Å². The van der Waals surface area contributed by atoms with Gasteiger partial charge < -0.3 is 5.32 Å². The highest BCUT2D eigenvalue weighted by molar-refractivity contribution is 7.16. The highest BCUT2D eigenvalue weighted by Crippen LogP contribution is 2.31. The fraction of sp³-hybridized carbons (Fsp3) is 0.300. The summed E-state index contributed by atoms with van der Waals surface area (Å²) in [5.41, 5.74) is 1.25. The fourth-order valence-electron chi connectivity index (χ4n) is 3.56. The molecule has 0 radical (unpaired) electrons. The van der Waals surface area contributed by atoms with Crippen LogP contribution in [0.2, 0.25) is 0 Å². The maximum Gasteiger partial charge on any atom is 0.329 e. The van der Waals surface area contributed by atoms with E-state index in [2.05, 4.69) is 5.32 Å². The van der Waals surface area contributed by atoms with E-state index in [0.29, 0.717) is 5.70 Å². The van der Waals surface area contributed by atoms with Crippen LogP contribution in [-0.4, -0.2) is 22.9 Å². The third-order valence-corrected chi connectivity index (χ3v) is 5.97. The molecule has 0 unspecified atom stereocenters. The summed E-state index contributed by atoms with van der Waals surface area (Å²) >= 11 is 1.50. The van der Waals surface area contributed by atoms with Crippen LogP contribution >= 0.6 is 11.3 Å². The molecule has 2 aliphatic rings. The van der Waals surface area contributed by atoms with Gasteiger partial charge in [0.25, 0.3) is 5.91 Å². The molecule has 2 aromatic rings. The Morgan fingerprint density at radius 3 is 2.50 bits per heavy atom. The Morgan fingerprint density at radius 2 is 1.77 bits per heavy atom. The van der Waals surface area contributed by atoms with Gasteiger partial charge in [-0.1, -0.05) is 31.4 Å². The summed E-state index contributed by atoms with van der Waals surface area (Å²) in [5, 5.41) is 2.71. The van der Waals surface area contributed by atoms with Gasteiger partial charge in [0, 0.05) is 15.8 Å². The van der Waals surface area contributed by atoms with Gasteiger partial charge in [-0.25, -0.2) is 9.18 Å². The number of carbonyl (C=O) groups excluding carboxylic acids is 2. The number of amides is 3. The van der Waals surface area contributed by atoms with Crippen LogP contribution < -0.4 is 5.32 Å². The molecule has 2 fully saturated rings. The molecule has 0 bridgehead atoms. The molecule has 6 heteroatoms. The second kappa shape index (κ2) is 7.03. The third-order valence-electron chi connectivity index (χ3n) is 4.89. The Bertz CT molecular complexity index is 866. The zero-order valence-electron chi connectivity index (χ0n) is 14.2. The molecule has 134 valence electrons. The van der Waals surface area contributed by atoms with Crippen molar-refractivity contribution in [3.05, 3.63) is 52.8 Å². The number of nitrogens with zero attached hydrogens (tertiary/aromatic N) is 1. The molecule has 1 N–H and O–H groups in total. The number of hydrogen-bond acceptors (Lipinski definition) is 3. The normalized spacial score (nSPS) is 20.0. The van der Waals surface area contributed by atoms with Gasteiger partial charge in [-0.15, -0.1) is 11.3 Å². The number of nitrogens with one attached hydrogen (secondary N) is 1. The summed E-state index contributed by atoms with van der Waals surface area (Å²) in [6.07, 6.45) is 6.80. The quantitative estimate of drug-likeness (QED) is 0.624. The topological polar surface area (TPSA) is 49.4 Å². The van der Waals surface area contributed by atoms with Crippen LogP contribution in [0.1, 0.15) is 37.0 Å². The number of thiophene rings is 1. The summed E-state index contributed by atoms with van der Waals surface area (Å²) in [4.78, 5) is 28.2. The number of halogens is 1. The highest BCUT2D eigenvalue weighted by atomic mass is 32.1. The van der Waals surface area contributed by atoms with Gasteiger partial charge in [0.1, 0.15) is 11.5 Å². The van der Waals surface area contributed by atoms with E-state index in [-0.39, 0.29) is 23.8 Å². The van der Waals surface area contributed by atoms with Crippen molar-refractivity contribution in [1.29, 1.82) is 0 Å². The standard InChI is InChI=1S/C20H19FN2O2S/c21-14-8-6-13(7-9-14)18-11-10-16(26-18)12-17-19(24)23(20(25)22-17)15-4-2-1-3-5-15/h6-12,15H,1-5H2,(H,22,25). The van der Waals surface area contributed by atoms with E-state index in [1.54, 1.807) is 18.2 Å². The maximum absolute atomic E-state index is 13.1. The molecule has 26 heavy (non-hydrogen) atoms. The summed E-state index contributed by atoms with van der Waals surface area (Å²) in [6.45, 7) is 0. The van der Waals surface area contributed by atoms with Gasteiger partial charge in [-0.3, -0.25) is 9.69 Å². The van der Waals surface area contributed by atoms with Crippen molar-refractivity contribution in [2.75, 3.05) is 0 Å². The molecule has 2 heterocycles. The zero-order chi connectivity index (χ0) is 18.1. The number of rotatable bonds is 3. The molecular weight excluding hydrogens is 351 g/mol. The SMILES string of the molecule is O=C1NC(=Cc2ccc(-c3ccc(F)cc3)s2)C(=O)N1C1CCCCC1. The van der Waals surface area contributed by atoms with Crippen molar-refractivity contribution in [1.82, 2.24) is 10.2 Å². The lowest BCUT2D eigenvalue weighted by atomic mass is 9.94.